The zero-order valence-electron chi connectivity index (χ0n) is 10.2. The number of rotatable bonds is 3. The van der Waals surface area contributed by atoms with E-state index in [2.05, 4.69) is 15.3 Å². The van der Waals surface area contributed by atoms with E-state index in [1.165, 1.54) is 0 Å². The number of benzene rings is 1. The minimum atomic E-state index is 0.550. The zero-order valence-corrected chi connectivity index (χ0v) is 11.0. The van der Waals surface area contributed by atoms with E-state index in [9.17, 15) is 0 Å². The smallest absolute Gasteiger partial charge is 0.151 e. The molecule has 0 fully saturated rings. The molecule has 1 heterocycles. The van der Waals surface area contributed by atoms with Gasteiger partial charge in [-0.3, -0.25) is 0 Å². The summed E-state index contributed by atoms with van der Waals surface area (Å²) in [4.78, 5) is 0. The highest BCUT2D eigenvalue weighted by molar-refractivity contribution is 6.41. The molecule has 2 aromatic rings. The minimum absolute atomic E-state index is 0.550. The van der Waals surface area contributed by atoms with Crippen LogP contribution in [0.2, 0.25) is 0 Å². The Morgan fingerprint density at radius 2 is 1.78 bits per heavy atom. The lowest BCUT2D eigenvalue weighted by Crippen LogP contribution is -1.95. The number of aromatic nitrogens is 3. The number of nitrogens with zero attached hydrogens (tertiary/aromatic N) is 4. The molecule has 0 N–H and O–H groups in total. The van der Waals surface area contributed by atoms with Crippen LogP contribution in [0.1, 0.15) is 17.2 Å². The van der Waals surface area contributed by atoms with Crippen LogP contribution in [0.3, 0.4) is 0 Å². The highest BCUT2D eigenvalue weighted by Crippen LogP contribution is 2.08. The van der Waals surface area contributed by atoms with Gasteiger partial charge in [0.2, 0.25) is 0 Å². The van der Waals surface area contributed by atoms with Gasteiger partial charge in [0.25, 0.3) is 0 Å². The van der Waals surface area contributed by atoms with Crippen molar-refractivity contribution in [2.75, 3.05) is 0 Å². The van der Waals surface area contributed by atoms with Crippen LogP contribution in [0.5, 0.6) is 0 Å². The number of allylic oxidation sites excluding steroid dienone is 1. The molecule has 0 aliphatic rings. The Morgan fingerprint density at radius 1 is 1.17 bits per heavy atom. The van der Waals surface area contributed by atoms with Gasteiger partial charge in [0.15, 0.2) is 11.6 Å². The van der Waals surface area contributed by atoms with Crippen LogP contribution in [0, 0.1) is 13.8 Å². The number of hydrogen-bond donors (Lipinski definition) is 0. The van der Waals surface area contributed by atoms with Crippen LogP contribution in [0.4, 0.5) is 0 Å². The van der Waals surface area contributed by atoms with Gasteiger partial charge < -0.3 is 0 Å². The molecule has 0 aliphatic carbocycles. The third kappa shape index (κ3) is 3.05. The third-order valence-corrected chi connectivity index (χ3v) is 2.56. The van der Waals surface area contributed by atoms with Crippen molar-refractivity contribution in [1.29, 1.82) is 0 Å². The Kier molecular flexibility index (Phi) is 3.89. The van der Waals surface area contributed by atoms with Crippen LogP contribution < -0.4 is 0 Å². The van der Waals surface area contributed by atoms with Crippen molar-refractivity contribution in [2.45, 2.75) is 13.8 Å². The minimum Gasteiger partial charge on any atom is -0.202 e. The summed E-state index contributed by atoms with van der Waals surface area (Å²) in [5.41, 5.74) is 1.03. The van der Waals surface area contributed by atoms with E-state index in [-0.39, 0.29) is 0 Å². The second kappa shape index (κ2) is 5.60. The van der Waals surface area contributed by atoms with Gasteiger partial charge in [-0.1, -0.05) is 41.9 Å². The molecule has 0 spiro atoms. The lowest BCUT2D eigenvalue weighted by Gasteiger charge is -1.97. The van der Waals surface area contributed by atoms with Crippen molar-refractivity contribution in [3.63, 3.8) is 0 Å². The third-order valence-electron chi connectivity index (χ3n) is 2.35. The predicted octanol–water partition coefficient (Wildman–Crippen LogP) is 3.01. The summed E-state index contributed by atoms with van der Waals surface area (Å²) >= 11 is 6.09. The van der Waals surface area contributed by atoms with Crippen molar-refractivity contribution in [1.82, 2.24) is 14.9 Å². The van der Waals surface area contributed by atoms with Gasteiger partial charge in [0, 0.05) is 0 Å². The molecule has 2 rings (SSSR count). The molecule has 0 amide bonds. The van der Waals surface area contributed by atoms with E-state index in [0.29, 0.717) is 5.03 Å². The molecule has 0 unspecified atom stereocenters. The lowest BCUT2D eigenvalue weighted by molar-refractivity contribution is 0.799. The molecule has 1 aromatic heterocycles. The van der Waals surface area contributed by atoms with Gasteiger partial charge in [0.1, 0.15) is 0 Å². The maximum Gasteiger partial charge on any atom is 0.151 e. The second-order valence-corrected chi connectivity index (χ2v) is 4.23. The van der Waals surface area contributed by atoms with Crippen LogP contribution in [0.25, 0.3) is 6.08 Å². The van der Waals surface area contributed by atoms with E-state index >= 15 is 0 Å². The van der Waals surface area contributed by atoms with E-state index in [4.69, 9.17) is 11.6 Å². The topological polar surface area (TPSA) is 43.1 Å². The average molecular weight is 261 g/mol. The highest BCUT2D eigenvalue weighted by Gasteiger charge is 2.01. The number of hydrogen-bond acceptors (Lipinski definition) is 3. The van der Waals surface area contributed by atoms with Gasteiger partial charge in [-0.15, -0.1) is 10.2 Å². The normalized spacial score (nSPS) is 12.3. The maximum absolute atomic E-state index is 6.09. The fourth-order valence-electron chi connectivity index (χ4n) is 1.49. The van der Waals surface area contributed by atoms with Crippen molar-refractivity contribution in [3.8, 4) is 0 Å². The number of halogens is 1. The van der Waals surface area contributed by atoms with Gasteiger partial charge in [-0.2, -0.15) is 5.10 Å². The van der Waals surface area contributed by atoms with E-state index in [0.717, 1.165) is 17.2 Å². The van der Waals surface area contributed by atoms with Gasteiger partial charge >= 0.3 is 0 Å². The van der Waals surface area contributed by atoms with E-state index in [1.807, 2.05) is 50.3 Å². The summed E-state index contributed by atoms with van der Waals surface area (Å²) < 4.78 is 1.64. The largest absolute Gasteiger partial charge is 0.202 e. The molecule has 0 saturated carbocycles. The van der Waals surface area contributed by atoms with Gasteiger partial charge in [-0.25, -0.2) is 4.68 Å². The average Bonchev–Trinajstić information content (AvgIpc) is 2.68. The van der Waals surface area contributed by atoms with Crippen molar-refractivity contribution in [2.24, 2.45) is 5.10 Å². The SMILES string of the molecule is Cc1nnc(C)n1/N=C/C(Cl)=C/c1ccccc1. The van der Waals surface area contributed by atoms with Crippen LogP contribution >= 0.6 is 11.6 Å². The van der Waals surface area contributed by atoms with Crippen molar-refractivity contribution >= 4 is 23.9 Å². The summed E-state index contributed by atoms with van der Waals surface area (Å²) in [6, 6.07) is 9.84. The highest BCUT2D eigenvalue weighted by atomic mass is 35.5. The molecule has 0 radical (unpaired) electrons. The Hall–Kier alpha value is -1.94. The molecule has 4 nitrogen and oxygen atoms in total. The second-order valence-electron chi connectivity index (χ2n) is 3.79. The Balaban J connectivity index is 2.17. The molecule has 0 bridgehead atoms. The first kappa shape index (κ1) is 12.5. The fourth-order valence-corrected chi connectivity index (χ4v) is 1.66. The lowest BCUT2D eigenvalue weighted by atomic mass is 10.2. The number of aryl methyl sites for hydroxylation is 2. The molecule has 0 aliphatic heterocycles. The molecular weight excluding hydrogens is 248 g/mol. The molecule has 1 aromatic carbocycles. The van der Waals surface area contributed by atoms with Gasteiger partial charge in [0.05, 0.1) is 11.2 Å². The van der Waals surface area contributed by atoms with Crippen molar-refractivity contribution in [3.05, 3.63) is 52.6 Å². The molecule has 92 valence electrons. The first-order valence-corrected chi connectivity index (χ1v) is 5.90. The van der Waals surface area contributed by atoms with Crippen LogP contribution in [-0.2, 0) is 0 Å². The van der Waals surface area contributed by atoms with E-state index < -0.39 is 0 Å². The Bertz CT molecular complexity index is 565. The zero-order chi connectivity index (χ0) is 13.0. The molecular formula is C13H13ClN4. The maximum atomic E-state index is 6.09. The first-order valence-electron chi connectivity index (χ1n) is 5.52. The Morgan fingerprint density at radius 3 is 2.39 bits per heavy atom. The van der Waals surface area contributed by atoms with Crippen LogP contribution in [-0.4, -0.2) is 21.1 Å². The summed E-state index contributed by atoms with van der Waals surface area (Å²) in [5.74, 6) is 1.46. The summed E-state index contributed by atoms with van der Waals surface area (Å²) in [6.45, 7) is 3.68. The van der Waals surface area contributed by atoms with E-state index in [1.54, 1.807) is 10.9 Å². The summed E-state index contributed by atoms with van der Waals surface area (Å²) in [5, 5.41) is 12.6. The predicted molar refractivity (Wildman–Crippen MR) is 73.7 cm³/mol. The molecule has 0 saturated heterocycles. The summed E-state index contributed by atoms with van der Waals surface area (Å²) in [6.07, 6.45) is 3.43. The van der Waals surface area contributed by atoms with Crippen molar-refractivity contribution < 1.29 is 0 Å². The molecule has 0 atom stereocenters. The standard InChI is InChI=1S/C13H13ClN4/c1-10-16-17-11(2)18(10)15-9-13(14)8-12-6-4-3-5-7-12/h3-9H,1-2H3/b13-8-,15-9+. The van der Waals surface area contributed by atoms with Gasteiger partial charge in [-0.05, 0) is 25.5 Å². The molecule has 18 heavy (non-hydrogen) atoms. The Labute approximate surface area is 111 Å². The quantitative estimate of drug-likeness (QED) is 0.796. The first-order chi connectivity index (χ1) is 8.66. The molecule has 5 heteroatoms. The monoisotopic (exact) mass is 260 g/mol. The fraction of sp³-hybridized carbons (Fsp3) is 0.154. The van der Waals surface area contributed by atoms with Crippen LogP contribution in [0.15, 0.2) is 40.5 Å². The summed E-state index contributed by atoms with van der Waals surface area (Å²) in [7, 11) is 0.